The summed E-state index contributed by atoms with van der Waals surface area (Å²) < 4.78 is 10.9. The maximum Gasteiger partial charge on any atom is 0.125 e. The second-order valence-electron chi connectivity index (χ2n) is 4.80. The van der Waals surface area contributed by atoms with Crippen molar-refractivity contribution in [2.45, 2.75) is 25.8 Å². The summed E-state index contributed by atoms with van der Waals surface area (Å²) in [5, 5.41) is 9.68. The minimum absolute atomic E-state index is 0.182. The van der Waals surface area contributed by atoms with E-state index in [1.807, 2.05) is 5.38 Å². The van der Waals surface area contributed by atoms with Gasteiger partial charge in [-0.15, -0.1) is 5.10 Å². The SMILES string of the molecule is CCNC(Cc1cc(Br)cc2c1OCC2)c1csnn1. The van der Waals surface area contributed by atoms with E-state index in [-0.39, 0.29) is 6.04 Å². The Labute approximate surface area is 130 Å². The first-order valence-corrected chi connectivity index (χ1v) is 8.35. The van der Waals surface area contributed by atoms with Gasteiger partial charge in [0.05, 0.1) is 18.3 Å². The minimum atomic E-state index is 0.182. The van der Waals surface area contributed by atoms with E-state index in [0.717, 1.165) is 41.9 Å². The summed E-state index contributed by atoms with van der Waals surface area (Å²) in [6, 6.07) is 4.48. The lowest BCUT2D eigenvalue weighted by Crippen LogP contribution is -2.23. The zero-order valence-corrected chi connectivity index (χ0v) is 13.6. The van der Waals surface area contributed by atoms with E-state index in [2.05, 4.69) is 49.9 Å². The van der Waals surface area contributed by atoms with E-state index >= 15 is 0 Å². The standard InChI is InChI=1S/C14H16BrN3OS/c1-2-16-12(13-8-20-18-17-13)7-10-6-11(15)5-9-3-4-19-14(9)10/h5-6,8,12,16H,2-4,7H2,1H3. The molecule has 0 fully saturated rings. The number of nitrogens with one attached hydrogen (secondary N) is 1. The molecule has 0 spiro atoms. The molecule has 1 aromatic carbocycles. The van der Waals surface area contributed by atoms with E-state index in [1.165, 1.54) is 22.7 Å². The van der Waals surface area contributed by atoms with Crippen LogP contribution >= 0.6 is 27.5 Å². The summed E-state index contributed by atoms with van der Waals surface area (Å²) in [6.07, 6.45) is 1.85. The number of halogens is 1. The fourth-order valence-corrected chi connectivity index (χ4v) is 3.63. The van der Waals surface area contributed by atoms with Gasteiger partial charge in [0.15, 0.2) is 0 Å². The van der Waals surface area contributed by atoms with Crippen LogP contribution in [0.25, 0.3) is 0 Å². The van der Waals surface area contributed by atoms with Crippen LogP contribution in [0.2, 0.25) is 0 Å². The molecule has 0 saturated carbocycles. The van der Waals surface area contributed by atoms with Crippen molar-refractivity contribution in [3.63, 3.8) is 0 Å². The molecule has 4 nitrogen and oxygen atoms in total. The summed E-state index contributed by atoms with van der Waals surface area (Å²) in [4.78, 5) is 0. The highest BCUT2D eigenvalue weighted by Crippen LogP contribution is 2.35. The zero-order valence-electron chi connectivity index (χ0n) is 11.2. The Morgan fingerprint density at radius 3 is 3.15 bits per heavy atom. The Kier molecular flexibility index (Phi) is 4.33. The summed E-state index contributed by atoms with van der Waals surface area (Å²) in [6.45, 7) is 3.79. The van der Waals surface area contributed by atoms with Gasteiger partial charge in [0.25, 0.3) is 0 Å². The summed E-state index contributed by atoms with van der Waals surface area (Å²) >= 11 is 4.98. The monoisotopic (exact) mass is 353 g/mol. The molecule has 0 radical (unpaired) electrons. The van der Waals surface area contributed by atoms with Crippen LogP contribution in [0.15, 0.2) is 22.0 Å². The molecule has 0 bridgehead atoms. The third kappa shape index (κ3) is 2.87. The second kappa shape index (κ2) is 6.20. The maximum absolute atomic E-state index is 5.80. The number of likely N-dealkylation sites (N-methyl/N-ethyl adjacent to an activating group) is 1. The van der Waals surface area contributed by atoms with Crippen molar-refractivity contribution in [3.05, 3.63) is 38.8 Å². The lowest BCUT2D eigenvalue weighted by atomic mass is 10.00. The fraction of sp³-hybridized carbons (Fsp3) is 0.429. The molecular formula is C14H16BrN3OS. The van der Waals surface area contributed by atoms with Crippen LogP contribution in [0.1, 0.15) is 29.8 Å². The van der Waals surface area contributed by atoms with E-state index in [1.54, 1.807) is 0 Å². The average molecular weight is 354 g/mol. The van der Waals surface area contributed by atoms with Gasteiger partial charge in [-0.25, -0.2) is 0 Å². The van der Waals surface area contributed by atoms with Crippen molar-refractivity contribution in [1.82, 2.24) is 14.9 Å². The van der Waals surface area contributed by atoms with Crippen molar-refractivity contribution < 1.29 is 4.74 Å². The van der Waals surface area contributed by atoms with Gasteiger partial charge in [-0.1, -0.05) is 27.3 Å². The molecule has 3 rings (SSSR count). The number of nitrogens with zero attached hydrogens (tertiary/aromatic N) is 2. The van der Waals surface area contributed by atoms with Crippen LogP contribution in [-0.2, 0) is 12.8 Å². The van der Waals surface area contributed by atoms with Crippen LogP contribution in [-0.4, -0.2) is 22.7 Å². The molecule has 20 heavy (non-hydrogen) atoms. The Bertz CT molecular complexity index is 588. The molecule has 0 amide bonds. The third-order valence-electron chi connectivity index (χ3n) is 3.43. The molecule has 2 aromatic rings. The van der Waals surface area contributed by atoms with Crippen LogP contribution in [0.5, 0.6) is 5.75 Å². The molecule has 1 aromatic heterocycles. The van der Waals surface area contributed by atoms with Gasteiger partial charge in [0.2, 0.25) is 0 Å². The van der Waals surface area contributed by atoms with Gasteiger partial charge in [-0.2, -0.15) is 0 Å². The summed E-state index contributed by atoms with van der Waals surface area (Å²) in [5.74, 6) is 1.05. The van der Waals surface area contributed by atoms with Gasteiger partial charge in [-0.05, 0) is 47.8 Å². The molecule has 1 unspecified atom stereocenters. The number of hydrogen-bond donors (Lipinski definition) is 1. The normalized spacial score (nSPS) is 14.9. The predicted molar refractivity (Wildman–Crippen MR) is 83.4 cm³/mol. The number of rotatable bonds is 5. The molecule has 6 heteroatoms. The first-order valence-electron chi connectivity index (χ1n) is 6.72. The molecule has 0 aliphatic carbocycles. The summed E-state index contributed by atoms with van der Waals surface area (Å²) in [5.41, 5.74) is 3.52. The Balaban J connectivity index is 1.89. The predicted octanol–water partition coefficient (Wildman–Crippen LogP) is 3.13. The first-order chi connectivity index (χ1) is 9.78. The van der Waals surface area contributed by atoms with Crippen molar-refractivity contribution >= 4 is 27.5 Å². The van der Waals surface area contributed by atoms with E-state index in [0.29, 0.717) is 0 Å². The molecule has 2 heterocycles. The molecule has 1 aliphatic rings. The molecule has 106 valence electrons. The number of hydrogen-bond acceptors (Lipinski definition) is 5. The van der Waals surface area contributed by atoms with Crippen LogP contribution in [0, 0.1) is 0 Å². The highest BCUT2D eigenvalue weighted by atomic mass is 79.9. The number of benzene rings is 1. The smallest absolute Gasteiger partial charge is 0.125 e. The molecule has 1 N–H and O–H groups in total. The highest BCUT2D eigenvalue weighted by molar-refractivity contribution is 9.10. The quantitative estimate of drug-likeness (QED) is 0.896. The van der Waals surface area contributed by atoms with Crippen molar-refractivity contribution in [3.8, 4) is 5.75 Å². The fourth-order valence-electron chi connectivity index (χ4n) is 2.57. The van der Waals surface area contributed by atoms with E-state index in [9.17, 15) is 0 Å². The Hall–Kier alpha value is -0.980. The van der Waals surface area contributed by atoms with Gasteiger partial charge in [0, 0.05) is 16.3 Å². The van der Waals surface area contributed by atoms with Crippen LogP contribution in [0.4, 0.5) is 0 Å². The maximum atomic E-state index is 5.80. The van der Waals surface area contributed by atoms with Gasteiger partial charge < -0.3 is 10.1 Å². The third-order valence-corrected chi connectivity index (χ3v) is 4.41. The van der Waals surface area contributed by atoms with Crippen molar-refractivity contribution in [2.75, 3.05) is 13.2 Å². The first kappa shape index (κ1) is 14.0. The molecular weight excluding hydrogens is 338 g/mol. The molecule has 0 saturated heterocycles. The number of fused-ring (bicyclic) bond motifs is 1. The lowest BCUT2D eigenvalue weighted by molar-refractivity contribution is 0.351. The van der Waals surface area contributed by atoms with Crippen molar-refractivity contribution in [2.24, 2.45) is 0 Å². The number of aromatic nitrogens is 2. The number of ether oxygens (including phenoxy) is 1. The largest absolute Gasteiger partial charge is 0.493 e. The lowest BCUT2D eigenvalue weighted by Gasteiger charge is -2.17. The highest BCUT2D eigenvalue weighted by Gasteiger charge is 2.21. The Morgan fingerprint density at radius 1 is 1.50 bits per heavy atom. The second-order valence-corrected chi connectivity index (χ2v) is 6.32. The zero-order chi connectivity index (χ0) is 13.9. The average Bonchev–Trinajstić information content (AvgIpc) is 3.08. The van der Waals surface area contributed by atoms with Crippen LogP contribution in [0.3, 0.4) is 0 Å². The summed E-state index contributed by atoms with van der Waals surface area (Å²) in [7, 11) is 0. The molecule has 1 atom stereocenters. The van der Waals surface area contributed by atoms with E-state index < -0.39 is 0 Å². The van der Waals surface area contributed by atoms with Crippen LogP contribution < -0.4 is 10.1 Å². The van der Waals surface area contributed by atoms with E-state index in [4.69, 9.17) is 4.74 Å². The van der Waals surface area contributed by atoms with Gasteiger partial charge >= 0.3 is 0 Å². The van der Waals surface area contributed by atoms with Crippen molar-refractivity contribution in [1.29, 1.82) is 0 Å². The Morgan fingerprint density at radius 2 is 2.40 bits per heavy atom. The minimum Gasteiger partial charge on any atom is -0.493 e. The topological polar surface area (TPSA) is 47.0 Å². The molecule has 1 aliphatic heterocycles. The van der Waals surface area contributed by atoms with Gasteiger partial charge in [0.1, 0.15) is 5.75 Å². The van der Waals surface area contributed by atoms with Gasteiger partial charge in [-0.3, -0.25) is 0 Å².